The summed E-state index contributed by atoms with van der Waals surface area (Å²) in [5, 5.41) is 6.07. The van der Waals surface area contributed by atoms with Gasteiger partial charge in [0, 0.05) is 48.5 Å². The van der Waals surface area contributed by atoms with Crippen molar-refractivity contribution in [2.24, 2.45) is 0 Å². The van der Waals surface area contributed by atoms with Gasteiger partial charge in [-0.25, -0.2) is 4.39 Å². The summed E-state index contributed by atoms with van der Waals surface area (Å²) in [5.74, 6) is -1.92. The molecule has 4 aromatic rings. The number of H-pyrrole nitrogens is 1. The fraction of sp³-hybridized carbons (Fsp3) is 0.281. The number of pyridine rings is 1. The number of hydrogen-bond acceptors (Lipinski definition) is 5. The number of fused-ring (bicyclic) bond motifs is 10. The molecule has 0 radical (unpaired) electrons. The lowest BCUT2D eigenvalue weighted by molar-refractivity contribution is -0.275. The van der Waals surface area contributed by atoms with Crippen molar-refractivity contribution in [3.8, 4) is 5.75 Å². The van der Waals surface area contributed by atoms with E-state index in [0.717, 1.165) is 23.4 Å². The quantitative estimate of drug-likeness (QED) is 0.229. The molecule has 0 unspecified atom stereocenters. The van der Waals surface area contributed by atoms with E-state index in [9.17, 15) is 31.9 Å². The maximum atomic E-state index is 14.3. The maximum Gasteiger partial charge on any atom is 0.573 e. The molecule has 0 aliphatic carbocycles. The van der Waals surface area contributed by atoms with Gasteiger partial charge in [0.1, 0.15) is 17.6 Å². The standard InChI is InChI=1S/C32H30F4N4O4/c1-17-4-11-28(41)38-21-7-10-27(44-32(34,35)36)20(13-21)16-40(3)31(43)29(19-5-8-23(17)18(2)12-19)39-22-6-9-24-25(14-22)30(42)37-15-26(24)33/h5-10,12-15,17,29,39H,4,11,16H2,1-3H3,(H,37,42)(H,38,41)/t17-,29+/m0/s1. The molecule has 44 heavy (non-hydrogen) atoms. The molecule has 2 amide bonds. The average Bonchev–Trinajstić information content (AvgIpc) is 2.96. The minimum Gasteiger partial charge on any atom is -0.405 e. The Morgan fingerprint density at radius 2 is 1.77 bits per heavy atom. The van der Waals surface area contributed by atoms with Crippen molar-refractivity contribution in [3.63, 3.8) is 0 Å². The highest BCUT2D eigenvalue weighted by Gasteiger charge is 2.33. The van der Waals surface area contributed by atoms with Crippen LogP contribution in [0.1, 0.15) is 54.0 Å². The number of likely N-dealkylation sites (N-methyl/N-ethyl adjacent to an activating group) is 1. The van der Waals surface area contributed by atoms with Crippen molar-refractivity contribution >= 4 is 34.0 Å². The van der Waals surface area contributed by atoms with Gasteiger partial charge in [-0.2, -0.15) is 0 Å². The third-order valence-electron chi connectivity index (χ3n) is 7.73. The minimum absolute atomic E-state index is 0.00674. The van der Waals surface area contributed by atoms with Crippen molar-refractivity contribution < 1.29 is 31.9 Å². The number of nitrogens with one attached hydrogen (secondary N) is 3. The zero-order chi connectivity index (χ0) is 31.8. The average molecular weight is 611 g/mol. The van der Waals surface area contributed by atoms with E-state index in [-0.39, 0.29) is 46.8 Å². The van der Waals surface area contributed by atoms with E-state index in [2.05, 4.69) is 20.4 Å². The van der Waals surface area contributed by atoms with E-state index in [0.29, 0.717) is 17.7 Å². The van der Waals surface area contributed by atoms with Gasteiger partial charge in [-0.15, -0.1) is 13.2 Å². The minimum atomic E-state index is -4.98. The molecule has 1 aromatic heterocycles. The summed E-state index contributed by atoms with van der Waals surface area (Å²) in [6, 6.07) is 12.7. The van der Waals surface area contributed by atoms with Crippen LogP contribution in [-0.4, -0.2) is 35.1 Å². The normalized spacial score (nSPS) is 17.9. The SMILES string of the molecule is Cc1cc2ccc1[C@@H](C)CCC(=O)Nc1ccc(OC(F)(F)F)c(c1)CN(C)C(=O)[C@@H]2Nc1ccc2c(F)c[nH]c(=O)c2c1. The Morgan fingerprint density at radius 3 is 2.50 bits per heavy atom. The van der Waals surface area contributed by atoms with Crippen LogP contribution in [-0.2, 0) is 16.1 Å². The molecular weight excluding hydrogens is 580 g/mol. The molecule has 0 saturated heterocycles. The van der Waals surface area contributed by atoms with Gasteiger partial charge in [-0.05, 0) is 72.4 Å². The van der Waals surface area contributed by atoms with E-state index >= 15 is 0 Å². The highest BCUT2D eigenvalue weighted by molar-refractivity contribution is 5.91. The summed E-state index contributed by atoms with van der Waals surface area (Å²) < 4.78 is 58.2. The number of anilines is 2. The Bertz CT molecular complexity index is 1800. The van der Waals surface area contributed by atoms with Crippen LogP contribution in [0.2, 0.25) is 0 Å². The molecule has 3 heterocycles. The second-order valence-electron chi connectivity index (χ2n) is 11.0. The Morgan fingerprint density at radius 1 is 1.00 bits per heavy atom. The van der Waals surface area contributed by atoms with E-state index < -0.39 is 35.4 Å². The number of carbonyl (C=O) groups is 2. The van der Waals surface area contributed by atoms with Crippen LogP contribution in [0.3, 0.4) is 0 Å². The number of ether oxygens (including phenoxy) is 1. The lowest BCUT2D eigenvalue weighted by atomic mass is 9.89. The van der Waals surface area contributed by atoms with Crippen LogP contribution >= 0.6 is 0 Å². The van der Waals surface area contributed by atoms with E-state index in [4.69, 9.17) is 0 Å². The van der Waals surface area contributed by atoms with Crippen molar-refractivity contribution in [1.82, 2.24) is 9.88 Å². The number of halogens is 4. The molecule has 8 nitrogen and oxygen atoms in total. The number of nitrogens with zero attached hydrogens (tertiary/aromatic N) is 1. The predicted octanol–water partition coefficient (Wildman–Crippen LogP) is 6.52. The summed E-state index contributed by atoms with van der Waals surface area (Å²) in [6.45, 7) is 3.59. The Balaban J connectivity index is 1.59. The Hall–Kier alpha value is -4.87. The zero-order valence-corrected chi connectivity index (χ0v) is 24.1. The first-order valence-corrected chi connectivity index (χ1v) is 13.9. The molecular formula is C32H30F4N4O4. The van der Waals surface area contributed by atoms with E-state index in [1.54, 1.807) is 12.1 Å². The first-order chi connectivity index (χ1) is 20.8. The number of carbonyl (C=O) groups excluding carboxylic acids is 2. The maximum absolute atomic E-state index is 14.3. The van der Waals surface area contributed by atoms with E-state index in [1.165, 1.54) is 36.2 Å². The fourth-order valence-corrected chi connectivity index (χ4v) is 5.49. The second kappa shape index (κ2) is 12.0. The van der Waals surface area contributed by atoms with Gasteiger partial charge in [-0.1, -0.05) is 25.1 Å². The molecule has 12 heteroatoms. The highest BCUT2D eigenvalue weighted by atomic mass is 19.4. The summed E-state index contributed by atoms with van der Waals surface area (Å²) >= 11 is 0. The van der Waals surface area contributed by atoms with Crippen LogP contribution in [0.15, 0.2) is 65.6 Å². The first-order valence-electron chi connectivity index (χ1n) is 13.9. The van der Waals surface area contributed by atoms with Crippen LogP contribution in [0, 0.1) is 12.7 Å². The number of amides is 2. The lowest BCUT2D eigenvalue weighted by Gasteiger charge is -2.28. The second-order valence-corrected chi connectivity index (χ2v) is 11.0. The molecule has 2 aliphatic rings. The summed E-state index contributed by atoms with van der Waals surface area (Å²) in [6.07, 6.45) is -3.31. The summed E-state index contributed by atoms with van der Waals surface area (Å²) in [4.78, 5) is 42.7. The predicted molar refractivity (Wildman–Crippen MR) is 158 cm³/mol. The molecule has 0 spiro atoms. The molecule has 2 aliphatic heterocycles. The monoisotopic (exact) mass is 610 g/mol. The van der Waals surface area contributed by atoms with Gasteiger partial charge in [0.05, 0.1) is 5.39 Å². The van der Waals surface area contributed by atoms with Crippen molar-refractivity contribution in [2.45, 2.75) is 51.6 Å². The van der Waals surface area contributed by atoms with Crippen molar-refractivity contribution in [2.75, 3.05) is 17.7 Å². The van der Waals surface area contributed by atoms with Gasteiger partial charge < -0.3 is 25.3 Å². The lowest BCUT2D eigenvalue weighted by Crippen LogP contribution is -2.35. The molecule has 0 saturated carbocycles. The zero-order valence-electron chi connectivity index (χ0n) is 24.1. The Labute approximate surface area is 250 Å². The molecule has 3 N–H and O–H groups in total. The Kier molecular flexibility index (Phi) is 8.36. The number of aromatic amines is 1. The molecule has 4 bridgehead atoms. The fourth-order valence-electron chi connectivity index (χ4n) is 5.49. The van der Waals surface area contributed by atoms with Crippen LogP contribution in [0.5, 0.6) is 5.75 Å². The number of aromatic nitrogens is 1. The number of rotatable bonds is 3. The van der Waals surface area contributed by atoms with Gasteiger partial charge in [0.25, 0.3) is 5.56 Å². The molecule has 0 fully saturated rings. The van der Waals surface area contributed by atoms with Gasteiger partial charge >= 0.3 is 6.36 Å². The van der Waals surface area contributed by atoms with Crippen molar-refractivity contribution in [1.29, 1.82) is 0 Å². The highest BCUT2D eigenvalue weighted by Crippen LogP contribution is 2.33. The van der Waals surface area contributed by atoms with Gasteiger partial charge in [-0.3, -0.25) is 14.4 Å². The largest absolute Gasteiger partial charge is 0.573 e. The van der Waals surface area contributed by atoms with Gasteiger partial charge in [0.2, 0.25) is 11.8 Å². The number of alkyl halides is 3. The van der Waals surface area contributed by atoms with Gasteiger partial charge in [0.15, 0.2) is 0 Å². The van der Waals surface area contributed by atoms with Crippen LogP contribution in [0.25, 0.3) is 10.8 Å². The molecule has 3 aromatic carbocycles. The number of aryl methyl sites for hydroxylation is 1. The third kappa shape index (κ3) is 6.69. The molecule has 6 rings (SSSR count). The molecule has 2 atom stereocenters. The van der Waals surface area contributed by atoms with E-state index in [1.807, 2.05) is 26.0 Å². The third-order valence-corrected chi connectivity index (χ3v) is 7.73. The smallest absolute Gasteiger partial charge is 0.405 e. The van der Waals surface area contributed by atoms with Crippen LogP contribution < -0.4 is 20.9 Å². The van der Waals surface area contributed by atoms with Crippen LogP contribution in [0.4, 0.5) is 28.9 Å². The first kappa shape index (κ1) is 30.6. The number of hydrogen-bond donors (Lipinski definition) is 3. The number of benzene rings is 3. The topological polar surface area (TPSA) is 104 Å². The summed E-state index contributed by atoms with van der Waals surface area (Å²) in [5.41, 5.74) is 2.58. The molecule has 230 valence electrons. The summed E-state index contributed by atoms with van der Waals surface area (Å²) in [7, 11) is 1.44. The van der Waals surface area contributed by atoms with Crippen molar-refractivity contribution in [3.05, 3.63) is 99.2 Å².